The molecule has 3 aromatic carbocycles. The first-order valence-electron chi connectivity index (χ1n) is 19.8. The van der Waals surface area contributed by atoms with Crippen LogP contribution in [0.5, 0.6) is 17.2 Å². The van der Waals surface area contributed by atoms with E-state index < -0.39 is 0 Å². The molecule has 1 unspecified atom stereocenters. The van der Waals surface area contributed by atoms with Gasteiger partial charge in [-0.15, -0.1) is 0 Å². The van der Waals surface area contributed by atoms with Crippen molar-refractivity contribution in [2.75, 3.05) is 0 Å². The fourth-order valence-electron chi connectivity index (χ4n) is 7.33. The minimum absolute atomic E-state index is 0.243. The van der Waals surface area contributed by atoms with Crippen molar-refractivity contribution in [3.63, 3.8) is 0 Å². The van der Waals surface area contributed by atoms with Crippen molar-refractivity contribution in [3.8, 4) is 17.2 Å². The molecule has 1 heterocycles. The highest BCUT2D eigenvalue weighted by atomic mass is 16.3. The number of hydrogen-bond acceptors (Lipinski definition) is 6. The molecule has 0 aliphatic carbocycles. The lowest BCUT2D eigenvalue weighted by molar-refractivity contribution is 0.313. The van der Waals surface area contributed by atoms with Crippen molar-refractivity contribution in [2.45, 2.75) is 183 Å². The summed E-state index contributed by atoms with van der Waals surface area (Å²) in [6, 6.07) is 12.8. The maximum absolute atomic E-state index is 11.5. The van der Waals surface area contributed by atoms with E-state index in [1.54, 1.807) is 0 Å². The average Bonchev–Trinajstić information content (AvgIpc) is 2.97. The molecule has 296 valence electrons. The maximum atomic E-state index is 11.5. The number of nitrogens with zero attached hydrogens (tertiary/aromatic N) is 3. The third kappa shape index (κ3) is 9.70. The van der Waals surface area contributed by atoms with Crippen LogP contribution < -0.4 is 0 Å². The molecule has 1 aliphatic rings. The molecular formula is C48H71N3O3. The Kier molecular flexibility index (Phi) is 11.4. The van der Waals surface area contributed by atoms with Gasteiger partial charge in [0.2, 0.25) is 0 Å². The van der Waals surface area contributed by atoms with E-state index in [0.717, 1.165) is 55.9 Å². The van der Waals surface area contributed by atoms with Crippen molar-refractivity contribution >= 4 is 12.2 Å². The zero-order valence-corrected chi connectivity index (χ0v) is 36.9. The summed E-state index contributed by atoms with van der Waals surface area (Å²) in [5.41, 5.74) is 7.36. The summed E-state index contributed by atoms with van der Waals surface area (Å²) in [6.07, 6.45) is 2.83. The van der Waals surface area contributed by atoms with Gasteiger partial charge >= 0.3 is 0 Å². The van der Waals surface area contributed by atoms with Gasteiger partial charge in [0, 0.05) is 19.4 Å². The van der Waals surface area contributed by atoms with Gasteiger partial charge in [-0.1, -0.05) is 149 Å². The third-order valence-corrected chi connectivity index (χ3v) is 10.5. The highest BCUT2D eigenvalue weighted by Crippen LogP contribution is 2.43. The van der Waals surface area contributed by atoms with Crippen LogP contribution in [0.2, 0.25) is 0 Å². The number of rotatable bonds is 6. The monoisotopic (exact) mass is 738 g/mol. The third-order valence-electron chi connectivity index (χ3n) is 10.5. The Morgan fingerprint density at radius 2 is 0.759 bits per heavy atom. The van der Waals surface area contributed by atoms with Crippen LogP contribution >= 0.6 is 0 Å². The molecule has 0 fully saturated rings. The topological polar surface area (TPSA) is 88.7 Å². The van der Waals surface area contributed by atoms with Crippen LogP contribution in [0.15, 0.2) is 46.4 Å². The van der Waals surface area contributed by atoms with E-state index in [-0.39, 0.29) is 38.7 Å². The van der Waals surface area contributed by atoms with Crippen LogP contribution in [0.25, 0.3) is 0 Å². The molecule has 4 rings (SSSR count). The molecule has 0 spiro atoms. The van der Waals surface area contributed by atoms with Crippen LogP contribution in [0, 0.1) is 0 Å². The SMILES string of the molecule is CC(C)(C)c1cc(CC2=NC(Cc3cc(C(C)(C)C)c(O)c(C(C)(C)C)c3)N(Cc3cc(C(C)(C)C)c(O)c(C(C)(C)C)c3)C=N2)cc(C(C)(C)C)c1O. The quantitative estimate of drug-likeness (QED) is 0.235. The predicted octanol–water partition coefficient (Wildman–Crippen LogP) is 11.6. The van der Waals surface area contributed by atoms with Crippen molar-refractivity contribution in [1.82, 2.24) is 4.90 Å². The second-order valence-electron chi connectivity index (χ2n) is 21.9. The minimum Gasteiger partial charge on any atom is -0.507 e. The molecule has 6 nitrogen and oxygen atoms in total. The number of aliphatic imine (C=N–C) groups is 2. The number of amidine groups is 1. The Bertz CT molecular complexity index is 1820. The Morgan fingerprint density at radius 1 is 0.463 bits per heavy atom. The molecule has 54 heavy (non-hydrogen) atoms. The van der Waals surface area contributed by atoms with Crippen LogP contribution in [0.4, 0.5) is 0 Å². The van der Waals surface area contributed by atoms with E-state index in [2.05, 4.69) is 166 Å². The lowest BCUT2D eigenvalue weighted by Crippen LogP contribution is -2.38. The zero-order valence-electron chi connectivity index (χ0n) is 36.9. The number of benzene rings is 3. The molecule has 0 saturated carbocycles. The molecule has 1 aliphatic heterocycles. The van der Waals surface area contributed by atoms with Crippen LogP contribution in [0.3, 0.4) is 0 Å². The Labute approximate surface area is 327 Å². The Balaban J connectivity index is 1.88. The molecule has 0 bridgehead atoms. The van der Waals surface area contributed by atoms with Gasteiger partial charge < -0.3 is 20.2 Å². The molecule has 0 aromatic heterocycles. The summed E-state index contributed by atoms with van der Waals surface area (Å²) < 4.78 is 0. The zero-order chi connectivity index (χ0) is 41.1. The minimum atomic E-state index is -0.269. The summed E-state index contributed by atoms with van der Waals surface area (Å²) in [7, 11) is 0. The van der Waals surface area contributed by atoms with Crippen LogP contribution in [-0.4, -0.2) is 38.6 Å². The highest BCUT2D eigenvalue weighted by molar-refractivity contribution is 5.92. The van der Waals surface area contributed by atoms with E-state index in [0.29, 0.717) is 36.6 Å². The molecule has 0 saturated heterocycles. The lowest BCUT2D eigenvalue weighted by atomic mass is 9.78. The summed E-state index contributed by atoms with van der Waals surface area (Å²) >= 11 is 0. The van der Waals surface area contributed by atoms with Crippen LogP contribution in [0.1, 0.15) is 175 Å². The van der Waals surface area contributed by atoms with E-state index in [1.165, 1.54) is 0 Å². The highest BCUT2D eigenvalue weighted by Gasteiger charge is 2.32. The van der Waals surface area contributed by atoms with Crippen molar-refractivity contribution in [1.29, 1.82) is 0 Å². The second-order valence-corrected chi connectivity index (χ2v) is 21.9. The lowest BCUT2D eigenvalue weighted by Gasteiger charge is -2.34. The largest absolute Gasteiger partial charge is 0.507 e. The van der Waals surface area contributed by atoms with Gasteiger partial charge in [-0.2, -0.15) is 0 Å². The Hall–Kier alpha value is -3.80. The molecule has 0 radical (unpaired) electrons. The van der Waals surface area contributed by atoms with Gasteiger partial charge in [0.25, 0.3) is 0 Å². The number of phenols is 3. The van der Waals surface area contributed by atoms with E-state index in [9.17, 15) is 15.3 Å². The first-order chi connectivity index (χ1) is 24.3. The predicted molar refractivity (Wildman–Crippen MR) is 229 cm³/mol. The first-order valence-corrected chi connectivity index (χ1v) is 19.8. The summed E-state index contributed by atoms with van der Waals surface area (Å²) in [5.74, 6) is 1.85. The first kappa shape index (κ1) is 42.9. The fourth-order valence-corrected chi connectivity index (χ4v) is 7.33. The number of aromatic hydroxyl groups is 3. The smallest absolute Gasteiger partial charge is 0.131 e. The normalized spacial score (nSPS) is 16.2. The molecule has 6 heteroatoms. The summed E-state index contributed by atoms with van der Waals surface area (Å²) in [6.45, 7) is 39.1. The Morgan fingerprint density at radius 3 is 1.07 bits per heavy atom. The number of hydrogen-bond donors (Lipinski definition) is 3. The van der Waals surface area contributed by atoms with Crippen LogP contribution in [-0.2, 0) is 51.9 Å². The fraction of sp³-hybridized carbons (Fsp3) is 0.583. The van der Waals surface area contributed by atoms with Crippen molar-refractivity contribution < 1.29 is 15.3 Å². The summed E-state index contributed by atoms with van der Waals surface area (Å²) in [5, 5.41) is 34.4. The van der Waals surface area contributed by atoms with Gasteiger partial charge in [0.15, 0.2) is 0 Å². The van der Waals surface area contributed by atoms with Gasteiger partial charge in [0.1, 0.15) is 29.2 Å². The molecule has 0 amide bonds. The maximum Gasteiger partial charge on any atom is 0.131 e. The van der Waals surface area contributed by atoms with Gasteiger partial charge in [-0.3, -0.25) is 0 Å². The summed E-state index contributed by atoms with van der Waals surface area (Å²) in [4.78, 5) is 12.6. The van der Waals surface area contributed by atoms with E-state index in [4.69, 9.17) is 9.98 Å². The second kappa shape index (κ2) is 14.4. The van der Waals surface area contributed by atoms with E-state index >= 15 is 0 Å². The van der Waals surface area contributed by atoms with Gasteiger partial charge in [-0.25, -0.2) is 9.98 Å². The van der Waals surface area contributed by atoms with Gasteiger partial charge in [-0.05, 0) is 94.7 Å². The molecular weight excluding hydrogens is 667 g/mol. The molecule has 3 N–H and O–H groups in total. The van der Waals surface area contributed by atoms with Gasteiger partial charge in [0.05, 0.1) is 6.34 Å². The van der Waals surface area contributed by atoms with Crippen molar-refractivity contribution in [2.24, 2.45) is 9.98 Å². The molecule has 3 aromatic rings. The number of phenolic OH excluding ortho intramolecular Hbond substituents is 3. The average molecular weight is 738 g/mol. The van der Waals surface area contributed by atoms with Crippen molar-refractivity contribution in [3.05, 3.63) is 86.5 Å². The van der Waals surface area contributed by atoms with E-state index in [1.807, 2.05) is 6.34 Å². The molecule has 1 atom stereocenters. The standard InChI is InChI=1S/C48H71N3O3/c1-43(2,3)32-19-29(20-33(40(32)52)44(4,5)6)25-38-49-28-51(27-31-23-36(47(13,14)15)42(54)37(24-31)48(16,17)18)39(50-38)26-30-21-34(45(7,8)9)41(53)35(22-30)46(10,11)12/h19-24,28,39,52-54H,25-27H2,1-18H3.